The van der Waals surface area contributed by atoms with Crippen molar-refractivity contribution in [2.75, 3.05) is 58.1 Å². The van der Waals surface area contributed by atoms with Crippen LogP contribution in [0.5, 0.6) is 5.88 Å². The number of hydrogen-bond acceptors (Lipinski definition) is 11. The summed E-state index contributed by atoms with van der Waals surface area (Å²) < 4.78 is 60.3. The number of aliphatic hydroxyl groups excluding tert-OH is 3. The zero-order chi connectivity index (χ0) is 22.9. The second kappa shape index (κ2) is 12.3. The molecule has 1 aromatic rings. The number of aromatic nitrogens is 2. The van der Waals surface area contributed by atoms with Gasteiger partial charge in [-0.15, -0.1) is 0 Å². The van der Waals surface area contributed by atoms with Crippen molar-refractivity contribution >= 4 is 5.95 Å². The molecule has 2 rings (SSSR count). The third-order valence-corrected chi connectivity index (χ3v) is 4.23. The van der Waals surface area contributed by atoms with Gasteiger partial charge in [0.25, 0.3) is 0 Å². The molecule has 4 atom stereocenters. The van der Waals surface area contributed by atoms with Crippen LogP contribution in [-0.2, 0) is 20.4 Å². The van der Waals surface area contributed by atoms with E-state index in [9.17, 15) is 23.4 Å². The van der Waals surface area contributed by atoms with Crippen LogP contribution in [0.4, 0.5) is 19.1 Å². The van der Waals surface area contributed by atoms with Gasteiger partial charge in [-0.05, 0) is 0 Å². The standard InChI is InChI=1S/C17H27F3N4O7/c18-17(19,20)12-7-13(30-6-5-29-4-3-28-2-1-21)24-16(23-12)22-10-9-31-11(8-25)15(27)14(10)26/h7,10-11,14-15,25-27H,1-6,8-9,21H2,(H,22,23,24)/t10-,11+,14+,15-/m0/s1. The van der Waals surface area contributed by atoms with Crippen LogP contribution in [0.15, 0.2) is 6.07 Å². The van der Waals surface area contributed by atoms with Gasteiger partial charge < -0.3 is 45.3 Å². The third-order valence-electron chi connectivity index (χ3n) is 4.23. The monoisotopic (exact) mass is 456 g/mol. The van der Waals surface area contributed by atoms with E-state index in [0.717, 1.165) is 0 Å². The molecule has 31 heavy (non-hydrogen) atoms. The summed E-state index contributed by atoms with van der Waals surface area (Å²) in [4.78, 5) is 7.26. The summed E-state index contributed by atoms with van der Waals surface area (Å²) in [7, 11) is 0. The molecule has 6 N–H and O–H groups in total. The number of anilines is 1. The second-order valence-corrected chi connectivity index (χ2v) is 6.56. The molecule has 0 unspecified atom stereocenters. The van der Waals surface area contributed by atoms with Gasteiger partial charge in [-0.1, -0.05) is 0 Å². The first kappa shape index (κ1) is 25.5. The van der Waals surface area contributed by atoms with Gasteiger partial charge in [0.05, 0.1) is 45.7 Å². The lowest BCUT2D eigenvalue weighted by molar-refractivity contribution is -0.152. The third kappa shape index (κ3) is 7.99. The van der Waals surface area contributed by atoms with Crippen molar-refractivity contribution in [2.24, 2.45) is 5.73 Å². The van der Waals surface area contributed by atoms with Gasteiger partial charge in [-0.2, -0.15) is 18.2 Å². The molecule has 1 fully saturated rings. The lowest BCUT2D eigenvalue weighted by Crippen LogP contribution is -2.56. The highest BCUT2D eigenvalue weighted by molar-refractivity contribution is 5.34. The number of rotatable bonds is 12. The van der Waals surface area contributed by atoms with Crippen LogP contribution in [0.1, 0.15) is 5.69 Å². The van der Waals surface area contributed by atoms with Crippen molar-refractivity contribution in [3.8, 4) is 5.88 Å². The summed E-state index contributed by atoms with van der Waals surface area (Å²) in [6.45, 7) is 0.676. The molecular formula is C17H27F3N4O7. The van der Waals surface area contributed by atoms with Gasteiger partial charge in [-0.3, -0.25) is 0 Å². The van der Waals surface area contributed by atoms with Gasteiger partial charge in [0.2, 0.25) is 11.8 Å². The number of ether oxygens (including phenoxy) is 4. The normalized spacial score (nSPS) is 24.2. The van der Waals surface area contributed by atoms with E-state index in [0.29, 0.717) is 25.8 Å². The zero-order valence-corrected chi connectivity index (χ0v) is 16.6. The summed E-state index contributed by atoms with van der Waals surface area (Å²) in [5, 5.41) is 31.6. The maximum Gasteiger partial charge on any atom is 0.433 e. The lowest BCUT2D eigenvalue weighted by atomic mass is 9.98. The van der Waals surface area contributed by atoms with Crippen molar-refractivity contribution in [2.45, 2.75) is 30.5 Å². The molecule has 0 saturated carbocycles. The largest absolute Gasteiger partial charge is 0.475 e. The van der Waals surface area contributed by atoms with Gasteiger partial charge in [0.15, 0.2) is 5.69 Å². The minimum absolute atomic E-state index is 0.0727. The lowest BCUT2D eigenvalue weighted by Gasteiger charge is -2.37. The van der Waals surface area contributed by atoms with Crippen LogP contribution in [-0.4, -0.2) is 102 Å². The molecule has 0 amide bonds. The summed E-state index contributed by atoms with van der Waals surface area (Å²) in [6, 6.07) is -0.369. The van der Waals surface area contributed by atoms with Crippen molar-refractivity contribution in [3.63, 3.8) is 0 Å². The molecule has 14 heteroatoms. The minimum Gasteiger partial charge on any atom is -0.475 e. The van der Waals surface area contributed by atoms with Crippen LogP contribution in [0, 0.1) is 0 Å². The SMILES string of the molecule is NCCOCCOCCOc1cc(C(F)(F)F)nc(N[C@H]2CO[C@H](CO)[C@H](O)[C@@H]2O)n1. The molecule has 11 nitrogen and oxygen atoms in total. The number of alkyl halides is 3. The molecule has 0 radical (unpaired) electrons. The number of nitrogens with two attached hydrogens (primary N) is 1. The van der Waals surface area contributed by atoms with Crippen LogP contribution in [0.2, 0.25) is 0 Å². The van der Waals surface area contributed by atoms with E-state index in [1.807, 2.05) is 0 Å². The summed E-state index contributed by atoms with van der Waals surface area (Å²) in [5.41, 5.74) is 4.02. The van der Waals surface area contributed by atoms with E-state index in [2.05, 4.69) is 15.3 Å². The van der Waals surface area contributed by atoms with Gasteiger partial charge in [0, 0.05) is 12.6 Å². The summed E-state index contributed by atoms with van der Waals surface area (Å²) in [5.74, 6) is -0.823. The Bertz CT molecular complexity index is 671. The number of nitrogens with one attached hydrogen (secondary N) is 1. The molecule has 1 saturated heterocycles. The molecule has 1 aliphatic heterocycles. The Kier molecular flexibility index (Phi) is 10.1. The Morgan fingerprint density at radius 3 is 2.42 bits per heavy atom. The number of hydrogen-bond donors (Lipinski definition) is 5. The van der Waals surface area contributed by atoms with Crippen LogP contribution in [0.3, 0.4) is 0 Å². The van der Waals surface area contributed by atoms with Crippen molar-refractivity contribution < 1.29 is 47.4 Å². The highest BCUT2D eigenvalue weighted by Crippen LogP contribution is 2.30. The van der Waals surface area contributed by atoms with E-state index >= 15 is 0 Å². The predicted molar refractivity (Wildman–Crippen MR) is 99.5 cm³/mol. The van der Waals surface area contributed by atoms with Crippen molar-refractivity contribution in [3.05, 3.63) is 11.8 Å². The maximum atomic E-state index is 13.2. The molecule has 0 spiro atoms. The van der Waals surface area contributed by atoms with Gasteiger partial charge in [-0.25, -0.2) is 4.98 Å². The van der Waals surface area contributed by atoms with Crippen LogP contribution in [0.25, 0.3) is 0 Å². The number of aliphatic hydroxyl groups is 3. The molecule has 0 bridgehead atoms. The Morgan fingerprint density at radius 1 is 1.10 bits per heavy atom. The smallest absolute Gasteiger partial charge is 0.433 e. The fourth-order valence-electron chi connectivity index (χ4n) is 2.66. The van der Waals surface area contributed by atoms with E-state index in [1.165, 1.54) is 0 Å². The first-order chi connectivity index (χ1) is 14.8. The molecule has 1 aromatic heterocycles. The molecule has 2 heterocycles. The second-order valence-electron chi connectivity index (χ2n) is 6.56. The van der Waals surface area contributed by atoms with Gasteiger partial charge >= 0.3 is 6.18 Å². The first-order valence-corrected chi connectivity index (χ1v) is 9.56. The molecule has 1 aliphatic rings. The topological polar surface area (TPSA) is 161 Å². The Balaban J connectivity index is 1.97. The predicted octanol–water partition coefficient (Wildman–Crippen LogP) is -1.24. The fourth-order valence-corrected chi connectivity index (χ4v) is 2.66. The summed E-state index contributed by atoms with van der Waals surface area (Å²) >= 11 is 0. The van der Waals surface area contributed by atoms with Gasteiger partial charge in [0.1, 0.15) is 24.9 Å². The average molecular weight is 456 g/mol. The highest BCUT2D eigenvalue weighted by atomic mass is 19.4. The van der Waals surface area contributed by atoms with E-state index in [-0.39, 0.29) is 32.3 Å². The van der Waals surface area contributed by atoms with Crippen molar-refractivity contribution in [1.82, 2.24) is 9.97 Å². The average Bonchev–Trinajstić information content (AvgIpc) is 2.73. The van der Waals surface area contributed by atoms with Crippen LogP contribution < -0.4 is 15.8 Å². The van der Waals surface area contributed by atoms with E-state index in [4.69, 9.17) is 29.8 Å². The van der Waals surface area contributed by atoms with Crippen molar-refractivity contribution in [1.29, 1.82) is 0 Å². The Morgan fingerprint density at radius 2 is 1.77 bits per heavy atom. The number of halogens is 3. The van der Waals surface area contributed by atoms with E-state index < -0.39 is 48.8 Å². The number of nitrogens with zero attached hydrogens (tertiary/aromatic N) is 2. The first-order valence-electron chi connectivity index (χ1n) is 9.56. The Labute approximate surface area is 176 Å². The minimum atomic E-state index is -4.77. The zero-order valence-electron chi connectivity index (χ0n) is 16.6. The quantitative estimate of drug-likeness (QED) is 0.239. The summed E-state index contributed by atoms with van der Waals surface area (Å²) in [6.07, 6.45) is -8.64. The van der Waals surface area contributed by atoms with Crippen LogP contribution >= 0.6 is 0 Å². The maximum absolute atomic E-state index is 13.2. The Hall–Kier alpha value is -1.81. The molecular weight excluding hydrogens is 429 g/mol. The molecule has 0 aromatic carbocycles. The molecule has 0 aliphatic carbocycles. The molecule has 178 valence electrons. The fraction of sp³-hybridized carbons (Fsp3) is 0.765. The van der Waals surface area contributed by atoms with E-state index in [1.54, 1.807) is 0 Å². The highest BCUT2D eigenvalue weighted by Gasteiger charge is 2.39.